The molecule has 0 radical (unpaired) electrons. The standard InChI is InChI=1S/C22H21ClN6O3S/c1-3-29-21(31)19(33-22(29)16(11-25)20(30)26-7-6-24)12-27-14-4-5-18-15(10-14)17(23)13-28(18)8-9-32-2/h4-5,10,12-13,27H,3,7-9H2,1-2H3,(H,26,30)/b19-12-,22-16+. The maximum atomic E-state index is 12.8. The van der Waals surface area contributed by atoms with Crippen LogP contribution in [0, 0.1) is 22.7 Å². The third kappa shape index (κ3) is 5.10. The number of rotatable bonds is 8. The van der Waals surface area contributed by atoms with Gasteiger partial charge < -0.3 is 19.9 Å². The van der Waals surface area contributed by atoms with Crippen molar-refractivity contribution in [3.8, 4) is 12.1 Å². The zero-order valence-corrected chi connectivity index (χ0v) is 19.6. The molecule has 3 aromatic rings. The zero-order valence-electron chi connectivity index (χ0n) is 18.0. The van der Waals surface area contributed by atoms with Crippen LogP contribution in [0.1, 0.15) is 6.92 Å². The predicted molar refractivity (Wildman–Crippen MR) is 128 cm³/mol. The second-order valence-electron chi connectivity index (χ2n) is 6.83. The normalized spacial score (nSPS) is 12.3. The lowest BCUT2D eigenvalue weighted by Crippen LogP contribution is -2.34. The maximum Gasteiger partial charge on any atom is 0.270 e. The van der Waals surface area contributed by atoms with E-state index in [2.05, 4.69) is 10.6 Å². The van der Waals surface area contributed by atoms with Crippen molar-refractivity contribution < 1.29 is 9.53 Å². The SMILES string of the molecule is CCn1c(=O)/c(=C/Nc2ccc3c(c2)c(Cl)cn3CCOC)s/c1=C(\C#N)C(=O)NCC#N. The van der Waals surface area contributed by atoms with Gasteiger partial charge in [-0.25, -0.2) is 0 Å². The first-order valence-corrected chi connectivity index (χ1v) is 11.2. The highest BCUT2D eigenvalue weighted by Gasteiger charge is 2.15. The van der Waals surface area contributed by atoms with E-state index in [0.717, 1.165) is 27.9 Å². The fraction of sp³-hybridized carbons (Fsp3) is 0.273. The quantitative estimate of drug-likeness (QED) is 0.465. The van der Waals surface area contributed by atoms with Gasteiger partial charge >= 0.3 is 0 Å². The van der Waals surface area contributed by atoms with E-state index in [0.29, 0.717) is 22.7 Å². The number of thiazole rings is 1. The number of methoxy groups -OCH3 is 1. The van der Waals surface area contributed by atoms with E-state index in [1.165, 1.54) is 4.57 Å². The number of nitrogens with one attached hydrogen (secondary N) is 2. The highest BCUT2D eigenvalue weighted by molar-refractivity contribution is 7.07. The minimum absolute atomic E-state index is 0.209. The lowest BCUT2D eigenvalue weighted by molar-refractivity contribution is -0.115. The number of anilines is 1. The molecule has 9 nitrogen and oxygen atoms in total. The third-order valence-corrected chi connectivity index (χ3v) is 6.27. The fourth-order valence-corrected chi connectivity index (χ4v) is 4.62. The van der Waals surface area contributed by atoms with Crippen LogP contribution in [0.5, 0.6) is 0 Å². The Kier molecular flexibility index (Phi) is 7.91. The van der Waals surface area contributed by atoms with Crippen molar-refractivity contribution in [2.75, 3.05) is 25.6 Å². The van der Waals surface area contributed by atoms with Crippen LogP contribution in [-0.4, -0.2) is 35.3 Å². The summed E-state index contributed by atoms with van der Waals surface area (Å²) in [7, 11) is 1.64. The van der Waals surface area contributed by atoms with Gasteiger partial charge in [0.15, 0.2) is 5.57 Å². The van der Waals surface area contributed by atoms with Gasteiger partial charge in [-0.05, 0) is 25.1 Å². The van der Waals surface area contributed by atoms with Crippen molar-refractivity contribution in [2.24, 2.45) is 0 Å². The summed E-state index contributed by atoms with van der Waals surface area (Å²) in [6.07, 6.45) is 3.39. The Morgan fingerprint density at radius 1 is 1.36 bits per heavy atom. The van der Waals surface area contributed by atoms with Crippen LogP contribution in [-0.2, 0) is 22.6 Å². The van der Waals surface area contributed by atoms with E-state index in [4.69, 9.17) is 21.6 Å². The van der Waals surface area contributed by atoms with Gasteiger partial charge in [-0.3, -0.25) is 14.2 Å². The van der Waals surface area contributed by atoms with Crippen molar-refractivity contribution in [3.05, 3.63) is 49.0 Å². The maximum absolute atomic E-state index is 12.8. The smallest absolute Gasteiger partial charge is 0.270 e. The Morgan fingerprint density at radius 2 is 2.15 bits per heavy atom. The van der Waals surface area contributed by atoms with E-state index >= 15 is 0 Å². The number of fused-ring (bicyclic) bond motifs is 1. The van der Waals surface area contributed by atoms with Crippen LogP contribution in [0.15, 0.2) is 29.2 Å². The molecule has 0 aliphatic heterocycles. The third-order valence-electron chi connectivity index (χ3n) is 4.84. The van der Waals surface area contributed by atoms with E-state index in [-0.39, 0.29) is 28.9 Å². The number of halogens is 1. The Labute approximate surface area is 198 Å². The summed E-state index contributed by atoms with van der Waals surface area (Å²) in [5.41, 5.74) is 1.16. The van der Waals surface area contributed by atoms with Crippen molar-refractivity contribution in [1.29, 1.82) is 10.5 Å². The van der Waals surface area contributed by atoms with E-state index in [1.807, 2.05) is 35.0 Å². The average molecular weight is 485 g/mol. The molecule has 11 heteroatoms. The van der Waals surface area contributed by atoms with Gasteiger partial charge in [0, 0.05) is 49.2 Å². The summed E-state index contributed by atoms with van der Waals surface area (Å²) < 4.78 is 9.07. The molecule has 170 valence electrons. The number of hydrogen-bond donors (Lipinski definition) is 2. The molecule has 0 aliphatic carbocycles. The Hall–Kier alpha value is -3.57. The first kappa shape index (κ1) is 24.1. The van der Waals surface area contributed by atoms with E-state index in [9.17, 15) is 14.9 Å². The number of nitrogens with zero attached hydrogens (tertiary/aromatic N) is 4. The van der Waals surface area contributed by atoms with E-state index < -0.39 is 5.91 Å². The molecule has 0 atom stereocenters. The van der Waals surface area contributed by atoms with Crippen LogP contribution in [0.2, 0.25) is 5.02 Å². The molecule has 1 aromatic carbocycles. The first-order chi connectivity index (χ1) is 15.9. The number of aromatic nitrogens is 2. The molecular formula is C22H21ClN6O3S. The van der Waals surface area contributed by atoms with Gasteiger partial charge in [-0.2, -0.15) is 10.5 Å². The molecule has 2 N–H and O–H groups in total. The van der Waals surface area contributed by atoms with Crippen molar-refractivity contribution >= 4 is 57.2 Å². The monoisotopic (exact) mass is 484 g/mol. The number of benzene rings is 1. The molecule has 1 amide bonds. The van der Waals surface area contributed by atoms with Crippen LogP contribution < -0.4 is 25.4 Å². The summed E-state index contributed by atoms with van der Waals surface area (Å²) in [5, 5.41) is 25.0. The number of amides is 1. The average Bonchev–Trinajstić information content (AvgIpc) is 3.30. The van der Waals surface area contributed by atoms with Gasteiger partial charge in [0.05, 0.1) is 17.7 Å². The molecule has 0 saturated heterocycles. The van der Waals surface area contributed by atoms with Gasteiger partial charge in [0.25, 0.3) is 11.5 Å². The summed E-state index contributed by atoms with van der Waals surface area (Å²) in [6, 6.07) is 9.31. The topological polar surface area (TPSA) is 125 Å². The predicted octanol–water partition coefficient (Wildman–Crippen LogP) is 1.35. The number of ether oxygens (including phenoxy) is 1. The fourth-order valence-electron chi connectivity index (χ4n) is 3.26. The highest BCUT2D eigenvalue weighted by Crippen LogP contribution is 2.28. The largest absolute Gasteiger partial charge is 0.383 e. The van der Waals surface area contributed by atoms with Crippen molar-refractivity contribution in [3.63, 3.8) is 0 Å². The number of carbonyl (C=O) groups excluding carboxylic acids is 1. The molecule has 3 rings (SSSR count). The molecular weight excluding hydrogens is 464 g/mol. The van der Waals surface area contributed by atoms with Gasteiger partial charge in [0.1, 0.15) is 21.8 Å². The molecule has 0 aliphatic rings. The second-order valence-corrected chi connectivity index (χ2v) is 8.27. The summed E-state index contributed by atoms with van der Waals surface area (Å²) in [4.78, 5) is 25.1. The summed E-state index contributed by atoms with van der Waals surface area (Å²) in [6.45, 7) is 3.04. The minimum Gasteiger partial charge on any atom is -0.383 e. The highest BCUT2D eigenvalue weighted by atomic mass is 35.5. The number of nitriles is 2. The lowest BCUT2D eigenvalue weighted by Gasteiger charge is -2.05. The van der Waals surface area contributed by atoms with Crippen molar-refractivity contribution in [1.82, 2.24) is 14.5 Å². The Balaban J connectivity index is 2.00. The summed E-state index contributed by atoms with van der Waals surface area (Å²) >= 11 is 7.42. The zero-order chi connectivity index (χ0) is 24.0. The number of hydrogen-bond acceptors (Lipinski definition) is 7. The molecule has 0 saturated carbocycles. The molecule has 33 heavy (non-hydrogen) atoms. The van der Waals surface area contributed by atoms with Gasteiger partial charge in [-0.1, -0.05) is 11.6 Å². The van der Waals surface area contributed by atoms with Gasteiger partial charge in [-0.15, -0.1) is 11.3 Å². The Morgan fingerprint density at radius 3 is 2.82 bits per heavy atom. The molecule has 2 heterocycles. The van der Waals surface area contributed by atoms with Crippen LogP contribution in [0.4, 0.5) is 5.69 Å². The molecule has 0 bridgehead atoms. The van der Waals surface area contributed by atoms with E-state index in [1.54, 1.807) is 26.3 Å². The molecule has 0 fully saturated rings. The Bertz CT molecular complexity index is 1450. The molecule has 0 spiro atoms. The van der Waals surface area contributed by atoms with Gasteiger partial charge in [0.2, 0.25) is 0 Å². The van der Waals surface area contributed by atoms with Crippen LogP contribution in [0.3, 0.4) is 0 Å². The first-order valence-electron chi connectivity index (χ1n) is 9.98. The molecule has 0 unspecified atom stereocenters. The molecule has 2 aromatic heterocycles. The van der Waals surface area contributed by atoms with Crippen LogP contribution in [0.25, 0.3) is 22.7 Å². The van der Waals surface area contributed by atoms with Crippen LogP contribution >= 0.6 is 22.9 Å². The number of carbonyl (C=O) groups is 1. The van der Waals surface area contributed by atoms with Crippen molar-refractivity contribution in [2.45, 2.75) is 20.0 Å². The second kappa shape index (κ2) is 10.8. The lowest BCUT2D eigenvalue weighted by atomic mass is 10.2. The minimum atomic E-state index is -0.694. The summed E-state index contributed by atoms with van der Waals surface area (Å²) in [5.74, 6) is -0.694.